The van der Waals surface area contributed by atoms with Crippen molar-refractivity contribution >= 4 is 33.6 Å². The summed E-state index contributed by atoms with van der Waals surface area (Å²) in [6, 6.07) is 3.44. The second-order valence-corrected chi connectivity index (χ2v) is 8.22. The van der Waals surface area contributed by atoms with E-state index in [0.717, 1.165) is 10.7 Å². The van der Waals surface area contributed by atoms with Crippen molar-refractivity contribution in [3.63, 3.8) is 0 Å². The Labute approximate surface area is 189 Å². The fraction of sp³-hybridized carbons (Fsp3) is 0.273. The Morgan fingerprint density at radius 3 is 2.67 bits per heavy atom. The van der Waals surface area contributed by atoms with E-state index in [9.17, 15) is 32.6 Å². The van der Waals surface area contributed by atoms with Gasteiger partial charge in [-0.05, 0) is 36.3 Å². The van der Waals surface area contributed by atoms with E-state index < -0.39 is 46.4 Å². The van der Waals surface area contributed by atoms with E-state index in [-0.39, 0.29) is 33.2 Å². The summed E-state index contributed by atoms with van der Waals surface area (Å²) in [6.45, 7) is 1.42. The zero-order chi connectivity index (χ0) is 24.3. The third-order valence-electron chi connectivity index (χ3n) is 5.92. The molecule has 4 rings (SSSR count). The fourth-order valence-electron chi connectivity index (χ4n) is 4.19. The van der Waals surface area contributed by atoms with Gasteiger partial charge in [0.25, 0.3) is 5.56 Å². The molecule has 0 aliphatic heterocycles. The van der Waals surface area contributed by atoms with Crippen LogP contribution in [0.5, 0.6) is 5.75 Å². The maximum absolute atomic E-state index is 14.3. The molecule has 3 N–H and O–H groups in total. The van der Waals surface area contributed by atoms with Crippen LogP contribution in [0.15, 0.2) is 41.3 Å². The summed E-state index contributed by atoms with van der Waals surface area (Å²) in [5.41, 5.74) is -4.24. The van der Waals surface area contributed by atoms with E-state index in [4.69, 9.17) is 11.6 Å². The lowest BCUT2D eigenvalue weighted by Crippen LogP contribution is -2.54. The number of hydrogen-bond donors (Lipinski definition) is 3. The first-order valence-electron chi connectivity index (χ1n) is 9.77. The van der Waals surface area contributed by atoms with Crippen LogP contribution in [0.3, 0.4) is 0 Å². The monoisotopic (exact) mass is 483 g/mol. The van der Waals surface area contributed by atoms with E-state index >= 15 is 0 Å². The highest BCUT2D eigenvalue weighted by Crippen LogP contribution is 2.55. The third kappa shape index (κ3) is 3.44. The first-order valence-corrected chi connectivity index (χ1v) is 10.2. The van der Waals surface area contributed by atoms with Crippen molar-refractivity contribution in [2.45, 2.75) is 31.2 Å². The van der Waals surface area contributed by atoms with Gasteiger partial charge in [-0.25, -0.2) is 9.07 Å². The molecule has 3 aromatic rings. The van der Waals surface area contributed by atoms with Gasteiger partial charge in [0.2, 0.25) is 0 Å². The molecule has 2 atom stereocenters. The molecule has 0 saturated carbocycles. The predicted molar refractivity (Wildman–Crippen MR) is 116 cm³/mol. The van der Waals surface area contributed by atoms with Crippen LogP contribution in [0, 0.1) is 5.82 Å². The molecule has 1 heterocycles. The fourth-order valence-corrected chi connectivity index (χ4v) is 4.39. The van der Waals surface area contributed by atoms with Gasteiger partial charge in [-0.1, -0.05) is 23.7 Å². The lowest BCUT2D eigenvalue weighted by Gasteiger charge is -2.44. The molecule has 1 aliphatic rings. The summed E-state index contributed by atoms with van der Waals surface area (Å²) >= 11 is 5.85. The molecular formula is C22H18ClF4N3O3. The Bertz CT molecular complexity index is 1370. The first kappa shape index (κ1) is 23.1. The molecule has 0 fully saturated rings. The number of rotatable bonds is 2. The summed E-state index contributed by atoms with van der Waals surface area (Å²) < 4.78 is 58.1. The Kier molecular flexibility index (Phi) is 5.41. The molecule has 0 radical (unpaired) electrons. The molecule has 0 amide bonds. The van der Waals surface area contributed by atoms with E-state index in [0.29, 0.717) is 0 Å². The Hall–Kier alpha value is -3.11. The van der Waals surface area contributed by atoms with Crippen molar-refractivity contribution in [1.29, 1.82) is 0 Å². The number of aromatic hydroxyl groups is 1. The summed E-state index contributed by atoms with van der Waals surface area (Å²) in [6.07, 6.45) is -3.49. The lowest BCUT2D eigenvalue weighted by atomic mass is 9.72. The number of benzene rings is 2. The molecule has 33 heavy (non-hydrogen) atoms. The number of anilines is 1. The number of nitrogens with zero attached hydrogens (tertiary/aromatic N) is 2. The normalized spacial score (nSPS) is 21.9. The minimum atomic E-state index is -5.12. The number of alkyl halides is 3. The lowest BCUT2D eigenvalue weighted by molar-refractivity contribution is -0.265. The van der Waals surface area contributed by atoms with E-state index in [2.05, 4.69) is 10.4 Å². The SMILES string of the molecule is C/C=C1/C[C@](O)(C(F)(F)F)[C@H](Nc2cccc3c(=O)n(C)ncc23)c2cc(Cl)c(F)c(O)c21. The largest absolute Gasteiger partial charge is 0.504 e. The van der Waals surface area contributed by atoms with Crippen LogP contribution in [-0.2, 0) is 7.05 Å². The average Bonchev–Trinajstić information content (AvgIpc) is 2.75. The maximum Gasteiger partial charge on any atom is 0.419 e. The van der Waals surface area contributed by atoms with Gasteiger partial charge in [-0.3, -0.25) is 4.79 Å². The van der Waals surface area contributed by atoms with Crippen molar-refractivity contribution in [1.82, 2.24) is 9.78 Å². The van der Waals surface area contributed by atoms with Crippen LogP contribution >= 0.6 is 11.6 Å². The number of aryl methyl sites for hydroxylation is 1. The van der Waals surface area contributed by atoms with Crippen LogP contribution in [0.1, 0.15) is 30.5 Å². The van der Waals surface area contributed by atoms with E-state index in [1.54, 1.807) is 0 Å². The highest BCUT2D eigenvalue weighted by atomic mass is 35.5. The summed E-state index contributed by atoms with van der Waals surface area (Å²) in [5, 5.41) is 27.7. The molecule has 1 aromatic heterocycles. The number of fused-ring (bicyclic) bond motifs is 2. The quantitative estimate of drug-likeness (QED) is 0.460. The highest BCUT2D eigenvalue weighted by Gasteiger charge is 2.62. The number of phenols is 1. The molecule has 11 heteroatoms. The minimum Gasteiger partial charge on any atom is -0.504 e. The smallest absolute Gasteiger partial charge is 0.419 e. The van der Waals surface area contributed by atoms with Crippen molar-refractivity contribution in [3.8, 4) is 5.75 Å². The Morgan fingerprint density at radius 1 is 1.33 bits per heavy atom. The van der Waals surface area contributed by atoms with Gasteiger partial charge in [0.15, 0.2) is 17.2 Å². The zero-order valence-electron chi connectivity index (χ0n) is 17.3. The molecule has 0 bridgehead atoms. The molecule has 1 aliphatic carbocycles. The van der Waals surface area contributed by atoms with Crippen molar-refractivity contribution < 1.29 is 27.8 Å². The van der Waals surface area contributed by atoms with Crippen molar-refractivity contribution in [3.05, 3.63) is 68.9 Å². The van der Waals surface area contributed by atoms with E-state index in [1.807, 2.05) is 0 Å². The number of allylic oxidation sites excluding steroid dienone is 1. The topological polar surface area (TPSA) is 87.4 Å². The van der Waals surface area contributed by atoms with Crippen molar-refractivity contribution in [2.75, 3.05) is 5.32 Å². The van der Waals surface area contributed by atoms with Gasteiger partial charge in [0, 0.05) is 30.1 Å². The van der Waals surface area contributed by atoms with Gasteiger partial charge >= 0.3 is 6.18 Å². The number of nitrogens with one attached hydrogen (secondary N) is 1. The third-order valence-corrected chi connectivity index (χ3v) is 6.20. The van der Waals surface area contributed by atoms with Crippen molar-refractivity contribution in [2.24, 2.45) is 7.05 Å². The minimum absolute atomic E-state index is 0.0835. The van der Waals surface area contributed by atoms with Crippen LogP contribution in [0.25, 0.3) is 16.3 Å². The van der Waals surface area contributed by atoms with Gasteiger partial charge in [-0.15, -0.1) is 0 Å². The molecular weight excluding hydrogens is 466 g/mol. The standard InChI is InChI=1S/C22H18ClF4N3O3/c1-3-10-8-21(33,22(25,26)27)19(12-7-14(23)17(24)18(31)16(10)12)29-15-6-4-5-11-13(15)9-28-30(2)20(11)32/h3-7,9,19,29,31,33H,8H2,1-2H3/b10-3-/t19-,21-/m1/s1. The Morgan fingerprint density at radius 2 is 2.03 bits per heavy atom. The molecule has 2 aromatic carbocycles. The summed E-state index contributed by atoms with van der Waals surface area (Å²) in [5.74, 6) is -2.08. The predicted octanol–water partition coefficient (Wildman–Crippen LogP) is 4.69. The summed E-state index contributed by atoms with van der Waals surface area (Å²) in [7, 11) is 1.43. The van der Waals surface area contributed by atoms with Gasteiger partial charge in [0.1, 0.15) is 0 Å². The second-order valence-electron chi connectivity index (χ2n) is 7.82. The Balaban J connectivity index is 2.01. The molecule has 0 saturated heterocycles. The van der Waals surface area contributed by atoms with Crippen LogP contribution in [0.4, 0.5) is 23.2 Å². The number of aromatic nitrogens is 2. The molecule has 6 nitrogen and oxygen atoms in total. The molecule has 174 valence electrons. The number of phenolic OH excluding ortho intramolecular Hbond substituents is 1. The molecule has 0 spiro atoms. The van der Waals surface area contributed by atoms with Gasteiger partial charge in [-0.2, -0.15) is 18.3 Å². The number of halogens is 5. The average molecular weight is 484 g/mol. The van der Waals surface area contributed by atoms with E-state index in [1.165, 1.54) is 44.4 Å². The zero-order valence-corrected chi connectivity index (χ0v) is 18.1. The van der Waals surface area contributed by atoms with Crippen LogP contribution in [-0.4, -0.2) is 31.8 Å². The van der Waals surface area contributed by atoms with Gasteiger partial charge < -0.3 is 15.5 Å². The maximum atomic E-state index is 14.3. The highest BCUT2D eigenvalue weighted by molar-refractivity contribution is 6.31. The molecule has 0 unspecified atom stereocenters. The van der Waals surface area contributed by atoms with Crippen LogP contribution in [0.2, 0.25) is 5.02 Å². The summed E-state index contributed by atoms with van der Waals surface area (Å²) in [4.78, 5) is 12.4. The van der Waals surface area contributed by atoms with Gasteiger partial charge in [0.05, 0.1) is 22.6 Å². The second kappa shape index (κ2) is 7.74. The number of hydrogen-bond acceptors (Lipinski definition) is 5. The van der Waals surface area contributed by atoms with Crippen LogP contribution < -0.4 is 10.9 Å². The first-order chi connectivity index (χ1) is 15.4. The number of aliphatic hydroxyl groups is 1.